The molecule has 2 unspecified atom stereocenters. The first kappa shape index (κ1) is 8.35. The summed E-state index contributed by atoms with van der Waals surface area (Å²) in [4.78, 5) is 13.3. The summed E-state index contributed by atoms with van der Waals surface area (Å²) in [5.74, 6) is 0.357. The first-order chi connectivity index (χ1) is 6.18. The van der Waals surface area contributed by atoms with Crippen molar-refractivity contribution in [2.45, 2.75) is 26.1 Å². The summed E-state index contributed by atoms with van der Waals surface area (Å²) in [5.41, 5.74) is 0. The minimum absolute atomic E-state index is 0.00981. The number of amides is 1. The third kappa shape index (κ3) is 1.34. The molecule has 0 aliphatic carbocycles. The van der Waals surface area contributed by atoms with Gasteiger partial charge < -0.3 is 10.2 Å². The van der Waals surface area contributed by atoms with E-state index in [1.807, 2.05) is 6.08 Å². The van der Waals surface area contributed by atoms with E-state index in [4.69, 9.17) is 0 Å². The summed E-state index contributed by atoms with van der Waals surface area (Å²) in [6.45, 7) is 4.24. The number of nitrogens with zero attached hydrogens (tertiary/aromatic N) is 1. The molecular formula is C10H14N2O. The molecule has 70 valence electrons. The molecular weight excluding hydrogens is 164 g/mol. The normalized spacial score (nSPS) is 31.0. The molecule has 13 heavy (non-hydrogen) atoms. The molecule has 0 aromatic heterocycles. The Kier molecular flexibility index (Phi) is 1.87. The Balaban J connectivity index is 2.18. The molecule has 0 aromatic carbocycles. The number of fused-ring (bicyclic) bond motifs is 1. The minimum atomic E-state index is 0.00981. The maximum Gasteiger partial charge on any atom is 0.245 e. The van der Waals surface area contributed by atoms with Crippen LogP contribution < -0.4 is 5.32 Å². The highest BCUT2D eigenvalue weighted by molar-refractivity contribution is 5.88. The van der Waals surface area contributed by atoms with Gasteiger partial charge in [-0.1, -0.05) is 12.2 Å². The van der Waals surface area contributed by atoms with Crippen LogP contribution in [0.3, 0.4) is 0 Å². The Morgan fingerprint density at radius 3 is 2.92 bits per heavy atom. The van der Waals surface area contributed by atoms with E-state index in [1.165, 1.54) is 0 Å². The molecule has 0 aromatic rings. The van der Waals surface area contributed by atoms with E-state index < -0.39 is 0 Å². The van der Waals surface area contributed by atoms with Crippen molar-refractivity contribution in [2.75, 3.05) is 0 Å². The monoisotopic (exact) mass is 178 g/mol. The van der Waals surface area contributed by atoms with Crippen molar-refractivity contribution in [1.82, 2.24) is 10.2 Å². The second kappa shape index (κ2) is 2.91. The van der Waals surface area contributed by atoms with E-state index in [0.29, 0.717) is 12.0 Å². The van der Waals surface area contributed by atoms with Crippen LogP contribution in [0.2, 0.25) is 0 Å². The van der Waals surface area contributed by atoms with Gasteiger partial charge in [0.1, 0.15) is 6.17 Å². The molecule has 2 aliphatic rings. The number of carbonyl (C=O) groups excluding carboxylic acids is 1. The van der Waals surface area contributed by atoms with Gasteiger partial charge in [-0.05, 0) is 26.1 Å². The molecule has 3 nitrogen and oxygen atoms in total. The zero-order chi connectivity index (χ0) is 9.42. The number of nitrogens with one attached hydrogen (secondary N) is 1. The van der Waals surface area contributed by atoms with Crippen LogP contribution in [0.1, 0.15) is 13.8 Å². The van der Waals surface area contributed by atoms with Gasteiger partial charge in [0.2, 0.25) is 5.91 Å². The highest BCUT2D eigenvalue weighted by atomic mass is 16.1. The van der Waals surface area contributed by atoms with E-state index in [1.54, 1.807) is 6.08 Å². The molecule has 2 atom stereocenters. The molecule has 0 saturated heterocycles. The lowest BCUT2D eigenvalue weighted by Crippen LogP contribution is -2.50. The van der Waals surface area contributed by atoms with Crippen LogP contribution in [0.5, 0.6) is 0 Å². The molecule has 0 saturated carbocycles. The van der Waals surface area contributed by atoms with Gasteiger partial charge in [-0.3, -0.25) is 4.79 Å². The molecule has 2 rings (SSSR count). The van der Waals surface area contributed by atoms with E-state index in [0.717, 1.165) is 0 Å². The summed E-state index contributed by atoms with van der Waals surface area (Å²) in [6, 6.07) is 0.429. The van der Waals surface area contributed by atoms with Crippen LogP contribution in [0.15, 0.2) is 24.4 Å². The molecule has 2 heterocycles. The fourth-order valence-corrected chi connectivity index (χ4v) is 1.82. The van der Waals surface area contributed by atoms with Crippen LogP contribution in [0.25, 0.3) is 0 Å². The van der Waals surface area contributed by atoms with Gasteiger partial charge in [0.05, 0.1) is 0 Å². The molecule has 0 fully saturated rings. The average Bonchev–Trinajstić information content (AvgIpc) is 2.46. The smallest absolute Gasteiger partial charge is 0.245 e. The SMILES string of the molecule is CC(C)N1C=CC2C=CC(=O)NC21. The Labute approximate surface area is 78.1 Å². The maximum absolute atomic E-state index is 11.1. The number of rotatable bonds is 1. The average molecular weight is 178 g/mol. The predicted octanol–water partition coefficient (Wildman–Crippen LogP) is 0.852. The Morgan fingerprint density at radius 1 is 1.46 bits per heavy atom. The molecule has 1 amide bonds. The lowest BCUT2D eigenvalue weighted by molar-refractivity contribution is -0.119. The largest absolute Gasteiger partial charge is 0.355 e. The molecule has 0 radical (unpaired) electrons. The Morgan fingerprint density at radius 2 is 2.23 bits per heavy atom. The van der Waals surface area contributed by atoms with Crippen LogP contribution in [0.4, 0.5) is 0 Å². The molecule has 0 bridgehead atoms. The van der Waals surface area contributed by atoms with Crippen LogP contribution in [-0.4, -0.2) is 23.0 Å². The summed E-state index contributed by atoms with van der Waals surface area (Å²) >= 11 is 0. The van der Waals surface area contributed by atoms with Crippen molar-refractivity contribution < 1.29 is 4.79 Å². The van der Waals surface area contributed by atoms with Crippen molar-refractivity contribution in [1.29, 1.82) is 0 Å². The highest BCUT2D eigenvalue weighted by Crippen LogP contribution is 2.24. The van der Waals surface area contributed by atoms with Gasteiger partial charge in [0.25, 0.3) is 0 Å². The fourth-order valence-electron chi connectivity index (χ4n) is 1.82. The summed E-state index contributed by atoms with van der Waals surface area (Å²) < 4.78 is 0. The van der Waals surface area contributed by atoms with Gasteiger partial charge in [0.15, 0.2) is 0 Å². The van der Waals surface area contributed by atoms with Gasteiger partial charge in [-0.15, -0.1) is 0 Å². The second-order valence-electron chi connectivity index (χ2n) is 3.77. The van der Waals surface area contributed by atoms with Crippen molar-refractivity contribution in [3.05, 3.63) is 24.4 Å². The molecule has 1 N–H and O–H groups in total. The summed E-state index contributed by atoms with van der Waals surface area (Å²) in [6.07, 6.45) is 7.89. The van der Waals surface area contributed by atoms with Crippen LogP contribution in [0, 0.1) is 5.92 Å². The van der Waals surface area contributed by atoms with Gasteiger partial charge in [-0.25, -0.2) is 0 Å². The topological polar surface area (TPSA) is 32.3 Å². The number of carbonyl (C=O) groups is 1. The Bertz CT molecular complexity index is 281. The van der Waals surface area contributed by atoms with Crippen molar-refractivity contribution in [3.8, 4) is 0 Å². The van der Waals surface area contributed by atoms with E-state index in [2.05, 4.69) is 36.3 Å². The highest BCUT2D eigenvalue weighted by Gasteiger charge is 2.32. The third-order valence-corrected chi connectivity index (χ3v) is 2.52. The molecule has 2 aliphatic heterocycles. The van der Waals surface area contributed by atoms with Crippen molar-refractivity contribution in [2.24, 2.45) is 5.92 Å². The third-order valence-electron chi connectivity index (χ3n) is 2.52. The first-order valence-electron chi connectivity index (χ1n) is 4.63. The van der Waals surface area contributed by atoms with Gasteiger partial charge >= 0.3 is 0 Å². The predicted molar refractivity (Wildman–Crippen MR) is 50.7 cm³/mol. The standard InChI is InChI=1S/C10H14N2O/c1-7(2)12-6-5-8-3-4-9(13)11-10(8)12/h3-8,10H,1-2H3,(H,11,13). The lowest BCUT2D eigenvalue weighted by atomic mass is 10.0. The van der Waals surface area contributed by atoms with E-state index >= 15 is 0 Å². The minimum Gasteiger partial charge on any atom is -0.355 e. The van der Waals surface area contributed by atoms with Crippen molar-refractivity contribution >= 4 is 5.91 Å². The lowest BCUT2D eigenvalue weighted by Gasteiger charge is -2.33. The first-order valence-corrected chi connectivity index (χ1v) is 4.63. The molecule has 3 heteroatoms. The second-order valence-corrected chi connectivity index (χ2v) is 3.77. The number of hydrogen-bond donors (Lipinski definition) is 1. The fraction of sp³-hybridized carbons (Fsp3) is 0.500. The Hall–Kier alpha value is -1.25. The number of hydrogen-bond acceptors (Lipinski definition) is 2. The van der Waals surface area contributed by atoms with Gasteiger partial charge in [-0.2, -0.15) is 0 Å². The van der Waals surface area contributed by atoms with Gasteiger partial charge in [0, 0.05) is 12.0 Å². The van der Waals surface area contributed by atoms with E-state index in [9.17, 15) is 4.79 Å². The van der Waals surface area contributed by atoms with E-state index in [-0.39, 0.29) is 12.1 Å². The summed E-state index contributed by atoms with van der Waals surface area (Å²) in [5, 5.41) is 2.95. The van der Waals surface area contributed by atoms with Crippen LogP contribution in [-0.2, 0) is 4.79 Å². The van der Waals surface area contributed by atoms with Crippen molar-refractivity contribution in [3.63, 3.8) is 0 Å². The zero-order valence-corrected chi connectivity index (χ0v) is 7.90. The maximum atomic E-state index is 11.1. The van der Waals surface area contributed by atoms with Crippen LogP contribution >= 0.6 is 0 Å². The molecule has 0 spiro atoms. The quantitative estimate of drug-likeness (QED) is 0.645. The summed E-state index contributed by atoms with van der Waals surface area (Å²) in [7, 11) is 0. The zero-order valence-electron chi connectivity index (χ0n) is 7.90.